The zero-order valence-corrected chi connectivity index (χ0v) is 16.4. The summed E-state index contributed by atoms with van der Waals surface area (Å²) in [4.78, 5) is 24.4. The lowest BCUT2D eigenvalue weighted by atomic mass is 9.93. The molecular formula is C24H25N3O. The van der Waals surface area contributed by atoms with Gasteiger partial charge in [-0.1, -0.05) is 48.0 Å². The normalized spacial score (nSPS) is 16.8. The highest BCUT2D eigenvalue weighted by atomic mass is 16.2. The molecule has 4 rings (SSSR count). The molecule has 28 heavy (non-hydrogen) atoms. The molecule has 0 radical (unpaired) electrons. The fraction of sp³-hybridized carbons (Fsp3) is 0.292. The first-order valence-electron chi connectivity index (χ1n) is 9.87. The van der Waals surface area contributed by atoms with Gasteiger partial charge in [-0.2, -0.15) is 0 Å². The summed E-state index contributed by atoms with van der Waals surface area (Å²) in [5.41, 5.74) is 5.00. The zero-order valence-electron chi connectivity index (χ0n) is 16.4. The summed E-state index contributed by atoms with van der Waals surface area (Å²) in [5.74, 6) is 1.12. The number of aromatic nitrogens is 2. The standard InChI is InChI=1S/C24H25N3O/c1-17-10-11-18(2)21(15-17)24(28)27-14-6-9-20(16-27)22-12-13-25-23(26-22)19-7-4-3-5-8-19/h3-5,7-8,10-13,15,20H,6,9,14,16H2,1-2H3. The molecule has 1 atom stereocenters. The molecule has 4 heteroatoms. The van der Waals surface area contributed by atoms with Crippen LogP contribution in [0.25, 0.3) is 11.4 Å². The van der Waals surface area contributed by atoms with E-state index in [1.54, 1.807) is 0 Å². The number of benzene rings is 2. The van der Waals surface area contributed by atoms with Crippen LogP contribution in [0.3, 0.4) is 0 Å². The van der Waals surface area contributed by atoms with Crippen molar-refractivity contribution in [3.8, 4) is 11.4 Å². The molecule has 2 aromatic carbocycles. The molecule has 2 heterocycles. The zero-order chi connectivity index (χ0) is 19.5. The summed E-state index contributed by atoms with van der Waals surface area (Å²) in [6.45, 7) is 5.54. The first-order valence-corrected chi connectivity index (χ1v) is 9.87. The van der Waals surface area contributed by atoms with E-state index in [2.05, 4.69) is 11.1 Å². The Labute approximate surface area is 166 Å². The van der Waals surface area contributed by atoms with E-state index in [1.165, 1.54) is 0 Å². The van der Waals surface area contributed by atoms with Crippen molar-refractivity contribution in [2.24, 2.45) is 0 Å². The number of aryl methyl sites for hydroxylation is 2. The number of likely N-dealkylation sites (tertiary alicyclic amines) is 1. The number of hydrogen-bond donors (Lipinski definition) is 0. The summed E-state index contributed by atoms with van der Waals surface area (Å²) in [7, 11) is 0. The minimum absolute atomic E-state index is 0.128. The maximum atomic E-state index is 13.1. The van der Waals surface area contributed by atoms with Gasteiger partial charge in [0.15, 0.2) is 5.82 Å². The quantitative estimate of drug-likeness (QED) is 0.666. The molecule has 142 valence electrons. The number of nitrogens with zero attached hydrogens (tertiary/aromatic N) is 3. The van der Waals surface area contributed by atoms with E-state index in [0.29, 0.717) is 6.54 Å². The Hall–Kier alpha value is -3.01. The Bertz CT molecular complexity index is 984. The van der Waals surface area contributed by atoms with Gasteiger partial charge in [-0.05, 0) is 44.4 Å². The SMILES string of the molecule is Cc1ccc(C)c(C(=O)N2CCCC(c3ccnc(-c4ccccc4)n3)C2)c1. The molecule has 1 fully saturated rings. The largest absolute Gasteiger partial charge is 0.338 e. The van der Waals surface area contributed by atoms with Gasteiger partial charge in [-0.3, -0.25) is 4.79 Å². The Balaban J connectivity index is 1.56. The summed E-state index contributed by atoms with van der Waals surface area (Å²) in [6, 6.07) is 18.1. The number of amides is 1. The predicted octanol–water partition coefficient (Wildman–Crippen LogP) is 4.78. The number of piperidine rings is 1. The molecule has 1 aliphatic heterocycles. The van der Waals surface area contributed by atoms with Gasteiger partial charge in [0.1, 0.15) is 0 Å². The van der Waals surface area contributed by atoms with Crippen LogP contribution in [0.1, 0.15) is 45.9 Å². The van der Waals surface area contributed by atoms with Crippen LogP contribution < -0.4 is 0 Å². The van der Waals surface area contributed by atoms with Crippen LogP contribution in [-0.4, -0.2) is 33.9 Å². The summed E-state index contributed by atoms with van der Waals surface area (Å²) in [6.07, 6.45) is 3.86. The maximum Gasteiger partial charge on any atom is 0.254 e. The minimum Gasteiger partial charge on any atom is -0.338 e. The Morgan fingerprint density at radius 2 is 1.89 bits per heavy atom. The van der Waals surface area contributed by atoms with E-state index in [1.807, 2.05) is 73.5 Å². The van der Waals surface area contributed by atoms with Crippen molar-refractivity contribution in [2.75, 3.05) is 13.1 Å². The van der Waals surface area contributed by atoms with E-state index in [0.717, 1.165) is 53.2 Å². The lowest BCUT2D eigenvalue weighted by Crippen LogP contribution is -2.39. The predicted molar refractivity (Wildman–Crippen MR) is 111 cm³/mol. The Morgan fingerprint density at radius 3 is 2.71 bits per heavy atom. The third-order valence-electron chi connectivity index (χ3n) is 5.46. The third kappa shape index (κ3) is 3.81. The average Bonchev–Trinajstić information content (AvgIpc) is 2.76. The van der Waals surface area contributed by atoms with Gasteiger partial charge in [0, 0.05) is 42.0 Å². The molecule has 1 aromatic heterocycles. The number of hydrogen-bond acceptors (Lipinski definition) is 3. The lowest BCUT2D eigenvalue weighted by Gasteiger charge is -2.33. The molecule has 0 N–H and O–H groups in total. The molecule has 0 spiro atoms. The van der Waals surface area contributed by atoms with Crippen LogP contribution in [0.15, 0.2) is 60.8 Å². The minimum atomic E-state index is 0.128. The lowest BCUT2D eigenvalue weighted by molar-refractivity contribution is 0.0705. The van der Waals surface area contributed by atoms with Crippen molar-refractivity contribution >= 4 is 5.91 Å². The second kappa shape index (κ2) is 7.93. The highest BCUT2D eigenvalue weighted by molar-refractivity contribution is 5.96. The summed E-state index contributed by atoms with van der Waals surface area (Å²) < 4.78 is 0. The van der Waals surface area contributed by atoms with Crippen LogP contribution in [-0.2, 0) is 0 Å². The van der Waals surface area contributed by atoms with E-state index >= 15 is 0 Å². The fourth-order valence-corrected chi connectivity index (χ4v) is 3.87. The Kier molecular flexibility index (Phi) is 5.20. The monoisotopic (exact) mass is 371 g/mol. The summed E-state index contributed by atoms with van der Waals surface area (Å²) in [5, 5.41) is 0. The highest BCUT2D eigenvalue weighted by Crippen LogP contribution is 2.28. The molecule has 1 saturated heterocycles. The van der Waals surface area contributed by atoms with Crippen molar-refractivity contribution in [1.29, 1.82) is 0 Å². The molecule has 1 aliphatic rings. The molecule has 1 amide bonds. The maximum absolute atomic E-state index is 13.1. The van der Waals surface area contributed by atoms with Gasteiger partial charge in [0.05, 0.1) is 0 Å². The molecule has 1 unspecified atom stereocenters. The molecule has 4 nitrogen and oxygen atoms in total. The van der Waals surface area contributed by atoms with E-state index in [-0.39, 0.29) is 11.8 Å². The highest BCUT2D eigenvalue weighted by Gasteiger charge is 2.27. The molecule has 0 aliphatic carbocycles. The van der Waals surface area contributed by atoms with Gasteiger partial charge in [0.25, 0.3) is 5.91 Å². The number of rotatable bonds is 3. The molecule has 0 bridgehead atoms. The second-order valence-electron chi connectivity index (χ2n) is 7.58. The van der Waals surface area contributed by atoms with Crippen LogP contribution in [0, 0.1) is 13.8 Å². The number of carbonyl (C=O) groups excluding carboxylic acids is 1. The molecule has 0 saturated carbocycles. The van der Waals surface area contributed by atoms with Crippen molar-refractivity contribution in [1.82, 2.24) is 14.9 Å². The number of carbonyl (C=O) groups is 1. The summed E-state index contributed by atoms with van der Waals surface area (Å²) >= 11 is 0. The smallest absolute Gasteiger partial charge is 0.254 e. The van der Waals surface area contributed by atoms with Crippen LogP contribution in [0.4, 0.5) is 0 Å². The molecular weight excluding hydrogens is 346 g/mol. The van der Waals surface area contributed by atoms with Crippen LogP contribution >= 0.6 is 0 Å². The van der Waals surface area contributed by atoms with Gasteiger partial charge >= 0.3 is 0 Å². The third-order valence-corrected chi connectivity index (χ3v) is 5.46. The van der Waals surface area contributed by atoms with Crippen molar-refractivity contribution in [3.63, 3.8) is 0 Å². The topological polar surface area (TPSA) is 46.1 Å². The average molecular weight is 371 g/mol. The first-order chi connectivity index (χ1) is 13.6. The van der Waals surface area contributed by atoms with Crippen LogP contribution in [0.2, 0.25) is 0 Å². The van der Waals surface area contributed by atoms with E-state index in [9.17, 15) is 4.79 Å². The van der Waals surface area contributed by atoms with Gasteiger partial charge in [-0.15, -0.1) is 0 Å². The molecule has 3 aromatic rings. The first kappa shape index (κ1) is 18.4. The van der Waals surface area contributed by atoms with E-state index < -0.39 is 0 Å². The van der Waals surface area contributed by atoms with Gasteiger partial charge in [0.2, 0.25) is 0 Å². The van der Waals surface area contributed by atoms with Crippen LogP contribution in [0.5, 0.6) is 0 Å². The van der Waals surface area contributed by atoms with Crippen molar-refractivity contribution in [3.05, 3.63) is 83.2 Å². The van der Waals surface area contributed by atoms with E-state index in [4.69, 9.17) is 4.98 Å². The van der Waals surface area contributed by atoms with Crippen molar-refractivity contribution in [2.45, 2.75) is 32.6 Å². The van der Waals surface area contributed by atoms with Gasteiger partial charge in [-0.25, -0.2) is 9.97 Å². The Morgan fingerprint density at radius 1 is 1.07 bits per heavy atom. The fourth-order valence-electron chi connectivity index (χ4n) is 3.87. The van der Waals surface area contributed by atoms with Crippen molar-refractivity contribution < 1.29 is 4.79 Å². The van der Waals surface area contributed by atoms with Gasteiger partial charge < -0.3 is 4.90 Å². The second-order valence-corrected chi connectivity index (χ2v) is 7.58.